The Hall–Kier alpha value is -4.28. The van der Waals surface area contributed by atoms with Gasteiger partial charge in [0.05, 0.1) is 17.4 Å². The average molecular weight is 397 g/mol. The summed E-state index contributed by atoms with van der Waals surface area (Å²) in [6.45, 7) is 0. The van der Waals surface area contributed by atoms with Crippen molar-refractivity contribution in [1.29, 1.82) is 0 Å². The van der Waals surface area contributed by atoms with Gasteiger partial charge in [-0.2, -0.15) is 5.10 Å². The fraction of sp³-hybridized carbons (Fsp3) is 0.111. The van der Waals surface area contributed by atoms with E-state index in [2.05, 4.69) is 16.0 Å². The van der Waals surface area contributed by atoms with E-state index in [0.29, 0.717) is 10.8 Å². The topological polar surface area (TPSA) is 145 Å². The highest BCUT2D eigenvalue weighted by molar-refractivity contribution is 6.06. The molecule has 11 nitrogen and oxygen atoms in total. The van der Waals surface area contributed by atoms with Gasteiger partial charge >= 0.3 is 5.69 Å². The first-order valence-corrected chi connectivity index (χ1v) is 8.22. The molecule has 1 aromatic heterocycles. The lowest BCUT2D eigenvalue weighted by molar-refractivity contribution is -0.385. The number of methoxy groups -OCH3 is 1. The van der Waals surface area contributed by atoms with Crippen LogP contribution in [0, 0.1) is 10.1 Å². The van der Waals surface area contributed by atoms with E-state index in [1.807, 2.05) is 0 Å². The molecular weight excluding hydrogens is 382 g/mol. The van der Waals surface area contributed by atoms with Crippen molar-refractivity contribution in [3.05, 3.63) is 74.2 Å². The third kappa shape index (κ3) is 3.74. The second-order valence-corrected chi connectivity index (χ2v) is 5.87. The molecule has 0 atom stereocenters. The molecule has 148 valence electrons. The van der Waals surface area contributed by atoms with Crippen molar-refractivity contribution in [3.63, 3.8) is 0 Å². The summed E-state index contributed by atoms with van der Waals surface area (Å²) in [5.74, 6) is -1.54. The maximum Gasteiger partial charge on any atom is 0.311 e. The quantitative estimate of drug-likeness (QED) is 0.492. The Labute approximate surface area is 163 Å². The molecule has 0 radical (unpaired) electrons. The van der Waals surface area contributed by atoms with E-state index in [-0.39, 0.29) is 22.6 Å². The van der Waals surface area contributed by atoms with Crippen molar-refractivity contribution in [2.24, 2.45) is 7.05 Å². The number of nitrogens with one attached hydrogen (secondary N) is 2. The normalized spacial score (nSPS) is 10.4. The minimum Gasteiger partial charge on any atom is -0.490 e. The van der Waals surface area contributed by atoms with Crippen LogP contribution in [-0.4, -0.2) is 33.6 Å². The molecule has 0 spiro atoms. The number of hydrogen-bond donors (Lipinski definition) is 2. The van der Waals surface area contributed by atoms with Crippen molar-refractivity contribution in [2.75, 3.05) is 7.11 Å². The Bertz CT molecular complexity index is 1200. The monoisotopic (exact) mass is 397 g/mol. The highest BCUT2D eigenvalue weighted by atomic mass is 16.6. The van der Waals surface area contributed by atoms with Gasteiger partial charge in [0.25, 0.3) is 17.4 Å². The first-order valence-electron chi connectivity index (χ1n) is 8.22. The molecule has 0 aliphatic rings. The van der Waals surface area contributed by atoms with Crippen LogP contribution in [0.2, 0.25) is 0 Å². The lowest BCUT2D eigenvalue weighted by Crippen LogP contribution is -2.42. The van der Waals surface area contributed by atoms with E-state index < -0.39 is 22.4 Å². The maximum absolute atomic E-state index is 12.5. The molecule has 2 aromatic carbocycles. The molecular formula is C18H15N5O6. The Kier molecular flexibility index (Phi) is 5.21. The molecule has 0 aliphatic carbocycles. The van der Waals surface area contributed by atoms with Gasteiger partial charge in [-0.1, -0.05) is 18.2 Å². The van der Waals surface area contributed by atoms with Crippen LogP contribution in [0.3, 0.4) is 0 Å². The zero-order chi connectivity index (χ0) is 21.1. The van der Waals surface area contributed by atoms with Crippen LogP contribution in [-0.2, 0) is 7.05 Å². The summed E-state index contributed by atoms with van der Waals surface area (Å²) in [5.41, 5.74) is 3.48. The van der Waals surface area contributed by atoms with Crippen LogP contribution in [0.15, 0.2) is 47.3 Å². The van der Waals surface area contributed by atoms with Crippen molar-refractivity contribution in [3.8, 4) is 5.75 Å². The van der Waals surface area contributed by atoms with Crippen molar-refractivity contribution < 1.29 is 19.2 Å². The zero-order valence-electron chi connectivity index (χ0n) is 15.3. The fourth-order valence-electron chi connectivity index (χ4n) is 2.69. The summed E-state index contributed by atoms with van der Waals surface area (Å²) in [6, 6.07) is 10.0. The molecule has 29 heavy (non-hydrogen) atoms. The number of fused-ring (bicyclic) bond motifs is 1. The number of aryl methyl sites for hydroxylation is 1. The highest BCUT2D eigenvalue weighted by Crippen LogP contribution is 2.27. The molecule has 3 rings (SSSR count). The molecule has 0 saturated carbocycles. The molecule has 0 unspecified atom stereocenters. The minimum absolute atomic E-state index is 0.00328. The highest BCUT2D eigenvalue weighted by Gasteiger charge is 2.20. The first-order chi connectivity index (χ1) is 13.8. The first kappa shape index (κ1) is 19.5. The van der Waals surface area contributed by atoms with Crippen molar-refractivity contribution in [2.45, 2.75) is 0 Å². The van der Waals surface area contributed by atoms with E-state index in [1.54, 1.807) is 24.3 Å². The van der Waals surface area contributed by atoms with E-state index in [9.17, 15) is 24.5 Å². The van der Waals surface area contributed by atoms with Crippen LogP contribution in [0.4, 0.5) is 5.69 Å². The number of amides is 2. The number of benzene rings is 2. The predicted octanol–water partition coefficient (Wildman–Crippen LogP) is 0.925. The molecule has 3 aromatic rings. The fourth-order valence-corrected chi connectivity index (χ4v) is 2.69. The lowest BCUT2D eigenvalue weighted by Gasteiger charge is -2.10. The van der Waals surface area contributed by atoms with Gasteiger partial charge in [-0.25, -0.2) is 4.68 Å². The van der Waals surface area contributed by atoms with Crippen LogP contribution in [0.5, 0.6) is 5.75 Å². The summed E-state index contributed by atoms with van der Waals surface area (Å²) in [5, 5.41) is 15.6. The molecule has 0 bridgehead atoms. The van der Waals surface area contributed by atoms with Gasteiger partial charge < -0.3 is 4.74 Å². The van der Waals surface area contributed by atoms with Gasteiger partial charge in [0, 0.05) is 24.1 Å². The minimum atomic E-state index is -0.779. The number of carbonyl (C=O) groups is 2. The molecule has 1 heterocycles. The molecule has 2 N–H and O–H groups in total. The van der Waals surface area contributed by atoms with E-state index in [0.717, 1.165) is 10.7 Å². The Balaban J connectivity index is 1.83. The summed E-state index contributed by atoms with van der Waals surface area (Å²) in [4.78, 5) is 47.3. The van der Waals surface area contributed by atoms with Gasteiger partial charge in [0.15, 0.2) is 11.4 Å². The zero-order valence-corrected chi connectivity index (χ0v) is 15.3. The number of rotatable bonds is 4. The smallest absolute Gasteiger partial charge is 0.311 e. The summed E-state index contributed by atoms with van der Waals surface area (Å²) in [6.07, 6.45) is 0. The summed E-state index contributed by atoms with van der Waals surface area (Å²) < 4.78 is 5.90. The largest absolute Gasteiger partial charge is 0.490 e. The number of ether oxygens (including phenoxy) is 1. The molecule has 2 amide bonds. The van der Waals surface area contributed by atoms with Crippen LogP contribution in [0.1, 0.15) is 20.8 Å². The number of aromatic nitrogens is 2. The maximum atomic E-state index is 12.5. The third-order valence-electron chi connectivity index (χ3n) is 4.10. The molecule has 0 fully saturated rings. The van der Waals surface area contributed by atoms with Crippen molar-refractivity contribution >= 4 is 28.3 Å². The van der Waals surface area contributed by atoms with Gasteiger partial charge in [-0.3, -0.25) is 35.3 Å². The summed E-state index contributed by atoms with van der Waals surface area (Å²) in [7, 11) is 2.67. The average Bonchev–Trinajstić information content (AvgIpc) is 2.73. The van der Waals surface area contributed by atoms with Crippen LogP contribution < -0.4 is 21.1 Å². The van der Waals surface area contributed by atoms with Crippen LogP contribution >= 0.6 is 0 Å². The number of carbonyl (C=O) groups excluding carboxylic acids is 2. The number of nitro groups is 1. The SMILES string of the molecule is COc1ccc(C(=O)NNC(=O)c2nn(C)c(=O)c3ccccc23)cc1[N+](=O)[O-]. The van der Waals surface area contributed by atoms with Gasteiger partial charge in [-0.15, -0.1) is 0 Å². The number of hydrogen-bond acceptors (Lipinski definition) is 7. The molecule has 11 heteroatoms. The second-order valence-electron chi connectivity index (χ2n) is 5.87. The van der Waals surface area contributed by atoms with Gasteiger partial charge in [-0.05, 0) is 18.2 Å². The second kappa shape index (κ2) is 7.76. The number of hydrazine groups is 1. The Morgan fingerprint density at radius 2 is 1.76 bits per heavy atom. The van der Waals surface area contributed by atoms with Crippen LogP contribution in [0.25, 0.3) is 10.8 Å². The van der Waals surface area contributed by atoms with Crippen molar-refractivity contribution in [1.82, 2.24) is 20.6 Å². The predicted molar refractivity (Wildman–Crippen MR) is 102 cm³/mol. The Morgan fingerprint density at radius 3 is 2.41 bits per heavy atom. The van der Waals surface area contributed by atoms with Gasteiger partial charge in [0.2, 0.25) is 0 Å². The summed E-state index contributed by atoms with van der Waals surface area (Å²) >= 11 is 0. The third-order valence-corrected chi connectivity index (χ3v) is 4.10. The van der Waals surface area contributed by atoms with E-state index in [1.165, 1.54) is 26.3 Å². The number of nitro benzene ring substituents is 1. The lowest BCUT2D eigenvalue weighted by atomic mass is 10.1. The van der Waals surface area contributed by atoms with E-state index >= 15 is 0 Å². The van der Waals surface area contributed by atoms with Gasteiger partial charge in [0.1, 0.15) is 0 Å². The van der Waals surface area contributed by atoms with E-state index in [4.69, 9.17) is 4.74 Å². The molecule has 0 saturated heterocycles. The molecule has 0 aliphatic heterocycles. The Morgan fingerprint density at radius 1 is 1.10 bits per heavy atom. The standard InChI is InChI=1S/C18H15N5O6/c1-22-18(26)12-6-4-3-5-11(12)15(21-22)17(25)20-19-16(24)10-7-8-14(29-2)13(9-10)23(27)28/h3-9H,1-2H3,(H,19,24)(H,20,25). The number of nitrogens with zero attached hydrogens (tertiary/aromatic N) is 3.